The van der Waals surface area contributed by atoms with Crippen molar-refractivity contribution >= 4 is 5.69 Å². The summed E-state index contributed by atoms with van der Waals surface area (Å²) >= 11 is 0. The minimum absolute atomic E-state index is 0.0218. The van der Waals surface area contributed by atoms with Crippen molar-refractivity contribution in [2.45, 2.75) is 65.3 Å². The summed E-state index contributed by atoms with van der Waals surface area (Å²) in [5.41, 5.74) is 0.581. The zero-order chi connectivity index (χ0) is 21.0. The summed E-state index contributed by atoms with van der Waals surface area (Å²) in [5.74, 6) is 0.813. The van der Waals surface area contributed by atoms with E-state index in [0.717, 1.165) is 12.8 Å². The van der Waals surface area contributed by atoms with Crippen molar-refractivity contribution in [1.82, 2.24) is 0 Å². The van der Waals surface area contributed by atoms with Crippen molar-refractivity contribution in [3.05, 3.63) is 27.8 Å². The molecule has 0 bridgehead atoms. The van der Waals surface area contributed by atoms with Gasteiger partial charge in [0, 0.05) is 12.0 Å². The molecule has 4 rings (SSSR count). The topological polar surface area (TPSA) is 91.1 Å². The number of fused-ring (bicyclic) bond motifs is 3. The van der Waals surface area contributed by atoms with Crippen molar-refractivity contribution in [1.29, 1.82) is 0 Å². The standard InChI is InChI=1S/C22H31NO6/c1-21(2)8-5-9-22(3)15-12-28-20(29-16(15)6-7-18(21)22)14-10-13(23(25)26)11-17(27-4)19(14)24/h10-11,15-16,18,20,24H,5-9,12H2,1-4H3/t15-,16+,18-,20-,22+/m0/s1. The Balaban J connectivity index is 1.61. The number of non-ortho nitro benzene ring substituents is 1. The van der Waals surface area contributed by atoms with Crippen LogP contribution in [-0.2, 0) is 9.47 Å². The maximum Gasteiger partial charge on any atom is 0.273 e. The van der Waals surface area contributed by atoms with E-state index in [0.29, 0.717) is 23.9 Å². The highest BCUT2D eigenvalue weighted by Crippen LogP contribution is 2.61. The third kappa shape index (κ3) is 3.28. The highest BCUT2D eigenvalue weighted by atomic mass is 16.7. The summed E-state index contributed by atoms with van der Waals surface area (Å²) in [7, 11) is 1.37. The lowest BCUT2D eigenvalue weighted by molar-refractivity contribution is -0.385. The van der Waals surface area contributed by atoms with Gasteiger partial charge in [-0.05, 0) is 42.4 Å². The van der Waals surface area contributed by atoms with Gasteiger partial charge in [0.1, 0.15) is 0 Å². The zero-order valence-corrected chi connectivity index (χ0v) is 17.6. The van der Waals surface area contributed by atoms with E-state index in [2.05, 4.69) is 20.8 Å². The summed E-state index contributed by atoms with van der Waals surface area (Å²) in [4.78, 5) is 10.8. The summed E-state index contributed by atoms with van der Waals surface area (Å²) in [5, 5.41) is 21.8. The second kappa shape index (κ2) is 7.13. The largest absolute Gasteiger partial charge is 0.504 e. The van der Waals surface area contributed by atoms with Gasteiger partial charge in [0.2, 0.25) is 0 Å². The minimum atomic E-state index is -0.832. The van der Waals surface area contributed by atoms with E-state index in [1.807, 2.05) is 0 Å². The van der Waals surface area contributed by atoms with Crippen molar-refractivity contribution in [3.8, 4) is 11.5 Å². The molecule has 0 radical (unpaired) electrons. The lowest BCUT2D eigenvalue weighted by Crippen LogP contribution is -2.56. The molecule has 2 saturated carbocycles. The predicted molar refractivity (Wildman–Crippen MR) is 107 cm³/mol. The molecule has 3 aliphatic rings. The number of phenols is 1. The van der Waals surface area contributed by atoms with E-state index >= 15 is 0 Å². The number of nitrogens with zero attached hydrogens (tertiary/aromatic N) is 1. The highest BCUT2D eigenvalue weighted by molar-refractivity contribution is 5.54. The molecule has 29 heavy (non-hydrogen) atoms. The van der Waals surface area contributed by atoms with E-state index in [-0.39, 0.29) is 34.3 Å². The average Bonchev–Trinajstić information content (AvgIpc) is 2.67. The van der Waals surface area contributed by atoms with Crippen LogP contribution in [0.4, 0.5) is 5.69 Å². The summed E-state index contributed by atoms with van der Waals surface area (Å²) < 4.78 is 17.5. The number of rotatable bonds is 3. The fourth-order valence-electron chi connectivity index (χ4n) is 6.35. The van der Waals surface area contributed by atoms with Crippen molar-refractivity contribution in [2.24, 2.45) is 22.7 Å². The molecule has 2 aliphatic carbocycles. The van der Waals surface area contributed by atoms with Crippen LogP contribution in [0.5, 0.6) is 11.5 Å². The first-order valence-electron chi connectivity index (χ1n) is 10.5. The second-order valence-corrected chi connectivity index (χ2v) is 9.77. The van der Waals surface area contributed by atoms with Crippen LogP contribution >= 0.6 is 0 Å². The first-order chi connectivity index (χ1) is 13.7. The Morgan fingerprint density at radius 2 is 2.00 bits per heavy atom. The maximum absolute atomic E-state index is 11.3. The molecule has 7 heteroatoms. The van der Waals surface area contributed by atoms with Crippen molar-refractivity contribution < 1.29 is 24.2 Å². The third-order valence-corrected chi connectivity index (χ3v) is 7.81. The molecule has 1 aromatic rings. The summed E-state index contributed by atoms with van der Waals surface area (Å²) in [6.07, 6.45) is 4.90. The molecule has 1 aromatic carbocycles. The van der Waals surface area contributed by atoms with Gasteiger partial charge in [-0.1, -0.05) is 27.2 Å². The van der Waals surface area contributed by atoms with E-state index in [1.165, 1.54) is 38.5 Å². The number of phenolic OH excluding ortho intramolecular Hbond substituents is 1. The van der Waals surface area contributed by atoms with Crippen LogP contribution in [0.1, 0.15) is 64.7 Å². The molecule has 0 unspecified atom stereocenters. The molecule has 0 amide bonds. The second-order valence-electron chi connectivity index (χ2n) is 9.77. The Bertz CT molecular complexity index is 809. The van der Waals surface area contributed by atoms with Crippen LogP contribution in [0.2, 0.25) is 0 Å². The molecule has 0 spiro atoms. The van der Waals surface area contributed by atoms with E-state index in [1.54, 1.807) is 0 Å². The number of methoxy groups -OCH3 is 1. The van der Waals surface area contributed by atoms with Crippen molar-refractivity contribution in [2.75, 3.05) is 13.7 Å². The monoisotopic (exact) mass is 405 g/mol. The van der Waals surface area contributed by atoms with Gasteiger partial charge in [-0.3, -0.25) is 10.1 Å². The lowest BCUT2D eigenvalue weighted by Gasteiger charge is -2.60. The van der Waals surface area contributed by atoms with E-state index in [4.69, 9.17) is 14.2 Å². The van der Waals surface area contributed by atoms with Crippen LogP contribution in [0, 0.1) is 32.8 Å². The minimum Gasteiger partial charge on any atom is -0.504 e. The van der Waals surface area contributed by atoms with Gasteiger partial charge in [-0.2, -0.15) is 0 Å². The number of hydrogen-bond donors (Lipinski definition) is 1. The van der Waals surface area contributed by atoms with Crippen LogP contribution in [0.3, 0.4) is 0 Å². The number of nitro benzene ring substituents is 1. The Labute approximate surface area is 171 Å². The zero-order valence-electron chi connectivity index (χ0n) is 17.6. The summed E-state index contributed by atoms with van der Waals surface area (Å²) in [6.45, 7) is 7.69. The van der Waals surface area contributed by atoms with Gasteiger partial charge < -0.3 is 19.3 Å². The van der Waals surface area contributed by atoms with Crippen LogP contribution in [0.25, 0.3) is 0 Å². The van der Waals surface area contributed by atoms with Crippen molar-refractivity contribution in [3.63, 3.8) is 0 Å². The molecule has 1 aliphatic heterocycles. The van der Waals surface area contributed by atoms with E-state index in [9.17, 15) is 15.2 Å². The number of aromatic hydroxyl groups is 1. The Kier molecular flexibility index (Phi) is 5.02. The van der Waals surface area contributed by atoms with Gasteiger partial charge in [-0.25, -0.2) is 0 Å². The SMILES string of the molecule is COc1cc([N+](=O)[O-])cc([C@H]2OC[C@H]3[C@@H](CC[C@H]4C(C)(C)CCC[C@]34C)O2)c1O. The number of hydrogen-bond acceptors (Lipinski definition) is 6. The van der Waals surface area contributed by atoms with Gasteiger partial charge in [-0.15, -0.1) is 0 Å². The van der Waals surface area contributed by atoms with E-state index < -0.39 is 11.2 Å². The van der Waals surface area contributed by atoms with Crippen LogP contribution in [0.15, 0.2) is 12.1 Å². The maximum atomic E-state index is 11.3. The van der Waals surface area contributed by atoms with Gasteiger partial charge in [0.25, 0.3) is 5.69 Å². The van der Waals surface area contributed by atoms with Gasteiger partial charge in [0.05, 0.1) is 36.4 Å². The van der Waals surface area contributed by atoms with Crippen LogP contribution in [-0.4, -0.2) is 29.9 Å². The quantitative estimate of drug-likeness (QED) is 0.564. The molecule has 160 valence electrons. The molecule has 1 N–H and O–H groups in total. The molecule has 5 atom stereocenters. The average molecular weight is 405 g/mol. The smallest absolute Gasteiger partial charge is 0.273 e. The van der Waals surface area contributed by atoms with Gasteiger partial charge >= 0.3 is 0 Å². The first kappa shape index (κ1) is 20.4. The normalized spacial score (nSPS) is 36.0. The van der Waals surface area contributed by atoms with Gasteiger partial charge in [0.15, 0.2) is 17.8 Å². The molecular weight excluding hydrogens is 374 g/mol. The fraction of sp³-hybridized carbons (Fsp3) is 0.727. The Hall–Kier alpha value is -1.86. The summed E-state index contributed by atoms with van der Waals surface area (Å²) in [6, 6.07) is 2.53. The molecule has 3 fully saturated rings. The molecule has 1 heterocycles. The lowest BCUT2D eigenvalue weighted by atomic mass is 9.48. The first-order valence-corrected chi connectivity index (χ1v) is 10.5. The molecular formula is C22H31NO6. The Morgan fingerprint density at radius 1 is 1.24 bits per heavy atom. The number of benzene rings is 1. The molecule has 7 nitrogen and oxygen atoms in total. The molecule has 1 saturated heterocycles. The van der Waals surface area contributed by atoms with Crippen LogP contribution < -0.4 is 4.74 Å². The number of ether oxygens (including phenoxy) is 3. The third-order valence-electron chi connectivity index (χ3n) is 7.81. The number of nitro groups is 1. The Morgan fingerprint density at radius 3 is 2.69 bits per heavy atom. The highest BCUT2D eigenvalue weighted by Gasteiger charge is 2.56. The predicted octanol–water partition coefficient (Wildman–Crippen LogP) is 4.97. The molecule has 0 aromatic heterocycles. The fourth-order valence-corrected chi connectivity index (χ4v) is 6.35.